The van der Waals surface area contributed by atoms with Crippen LogP contribution in [-0.4, -0.2) is 16.8 Å². The minimum atomic E-state index is -0.0745. The predicted molar refractivity (Wildman–Crippen MR) is 65.3 cm³/mol. The SMILES string of the molecule is COc1cc(-c2ccn(C)c(=O)c2)ccc1O. The van der Waals surface area contributed by atoms with Gasteiger partial charge in [-0.2, -0.15) is 0 Å². The predicted octanol–water partition coefficient (Wildman–Crippen LogP) is 1.77. The summed E-state index contributed by atoms with van der Waals surface area (Å²) in [6.45, 7) is 0. The van der Waals surface area contributed by atoms with E-state index in [-0.39, 0.29) is 11.3 Å². The number of methoxy groups -OCH3 is 1. The van der Waals surface area contributed by atoms with Crippen molar-refractivity contribution in [2.75, 3.05) is 7.11 Å². The van der Waals surface area contributed by atoms with Gasteiger partial charge in [0.05, 0.1) is 7.11 Å². The first-order valence-electron chi connectivity index (χ1n) is 5.16. The molecule has 0 radical (unpaired) electrons. The lowest BCUT2D eigenvalue weighted by atomic mass is 10.1. The summed E-state index contributed by atoms with van der Waals surface area (Å²) in [6.07, 6.45) is 1.71. The van der Waals surface area contributed by atoms with Gasteiger partial charge in [0.25, 0.3) is 5.56 Å². The third kappa shape index (κ3) is 2.15. The van der Waals surface area contributed by atoms with Crippen LogP contribution in [0.5, 0.6) is 11.5 Å². The van der Waals surface area contributed by atoms with Crippen LogP contribution < -0.4 is 10.3 Å². The number of nitrogens with zero attached hydrogens (tertiary/aromatic N) is 1. The normalized spacial score (nSPS) is 10.2. The van der Waals surface area contributed by atoms with Crippen molar-refractivity contribution in [2.45, 2.75) is 0 Å². The standard InChI is InChI=1S/C13H13NO3/c1-14-6-5-10(8-13(14)16)9-3-4-11(15)12(7-9)17-2/h3-8,15H,1-2H3. The number of hydrogen-bond donors (Lipinski definition) is 1. The lowest BCUT2D eigenvalue weighted by Crippen LogP contribution is -2.14. The quantitative estimate of drug-likeness (QED) is 0.856. The molecule has 4 nitrogen and oxygen atoms in total. The molecule has 4 heteroatoms. The molecule has 1 heterocycles. The lowest BCUT2D eigenvalue weighted by molar-refractivity contribution is 0.373. The zero-order chi connectivity index (χ0) is 12.4. The fraction of sp³-hybridized carbons (Fsp3) is 0.154. The maximum atomic E-state index is 11.5. The summed E-state index contributed by atoms with van der Waals surface area (Å²) in [5.74, 6) is 0.475. The molecule has 0 aliphatic carbocycles. The molecule has 0 saturated carbocycles. The molecule has 1 N–H and O–H groups in total. The molecule has 0 bridgehead atoms. The van der Waals surface area contributed by atoms with E-state index in [9.17, 15) is 9.90 Å². The van der Waals surface area contributed by atoms with Crippen LogP contribution in [0.1, 0.15) is 0 Å². The fourth-order valence-corrected chi connectivity index (χ4v) is 1.59. The number of aryl methyl sites for hydroxylation is 1. The lowest BCUT2D eigenvalue weighted by Gasteiger charge is -2.07. The number of hydrogen-bond acceptors (Lipinski definition) is 3. The smallest absolute Gasteiger partial charge is 0.250 e. The van der Waals surface area contributed by atoms with E-state index in [1.807, 2.05) is 6.07 Å². The number of phenols is 1. The first-order valence-corrected chi connectivity index (χ1v) is 5.16. The molecule has 2 rings (SSSR count). The van der Waals surface area contributed by atoms with E-state index in [4.69, 9.17) is 4.74 Å². The van der Waals surface area contributed by atoms with Gasteiger partial charge >= 0.3 is 0 Å². The molecule has 1 aromatic heterocycles. The Hall–Kier alpha value is -2.23. The molecule has 0 unspecified atom stereocenters. The summed E-state index contributed by atoms with van der Waals surface area (Å²) in [7, 11) is 3.19. The van der Waals surface area contributed by atoms with Crippen LogP contribution in [0, 0.1) is 0 Å². The molecule has 0 fully saturated rings. The molecule has 17 heavy (non-hydrogen) atoms. The van der Waals surface area contributed by atoms with Gasteiger partial charge in [-0.25, -0.2) is 0 Å². The molecule has 88 valence electrons. The van der Waals surface area contributed by atoms with E-state index in [2.05, 4.69) is 0 Å². The molecule has 0 spiro atoms. The summed E-state index contributed by atoms with van der Waals surface area (Å²) in [5.41, 5.74) is 1.55. The Balaban J connectivity index is 2.53. The highest BCUT2D eigenvalue weighted by Gasteiger charge is 2.05. The van der Waals surface area contributed by atoms with Crippen LogP contribution in [0.15, 0.2) is 41.3 Å². The number of aromatic nitrogens is 1. The zero-order valence-corrected chi connectivity index (χ0v) is 9.68. The van der Waals surface area contributed by atoms with Gasteiger partial charge in [0.1, 0.15) is 0 Å². The summed E-state index contributed by atoms with van der Waals surface area (Å²) in [6, 6.07) is 8.38. The third-order valence-electron chi connectivity index (χ3n) is 2.62. The molecule has 1 aromatic carbocycles. The van der Waals surface area contributed by atoms with E-state index in [0.29, 0.717) is 5.75 Å². The van der Waals surface area contributed by atoms with Gasteiger partial charge in [0, 0.05) is 19.3 Å². The Kier molecular flexibility index (Phi) is 2.87. The minimum absolute atomic E-state index is 0.0745. The average Bonchev–Trinajstić information content (AvgIpc) is 2.33. The van der Waals surface area contributed by atoms with E-state index >= 15 is 0 Å². The Morgan fingerprint density at radius 1 is 1.18 bits per heavy atom. The van der Waals surface area contributed by atoms with Gasteiger partial charge in [0.15, 0.2) is 11.5 Å². The number of benzene rings is 1. The van der Waals surface area contributed by atoms with Crippen LogP contribution in [0.2, 0.25) is 0 Å². The zero-order valence-electron chi connectivity index (χ0n) is 9.68. The van der Waals surface area contributed by atoms with E-state index < -0.39 is 0 Å². The Morgan fingerprint density at radius 2 is 1.88 bits per heavy atom. The van der Waals surface area contributed by atoms with Crippen LogP contribution in [0.3, 0.4) is 0 Å². The molecule has 0 aliphatic heterocycles. The second-order valence-corrected chi connectivity index (χ2v) is 3.75. The van der Waals surface area contributed by atoms with Crippen LogP contribution in [0.4, 0.5) is 0 Å². The van der Waals surface area contributed by atoms with Crippen molar-refractivity contribution in [3.05, 3.63) is 46.9 Å². The minimum Gasteiger partial charge on any atom is -0.504 e. The molecular formula is C13H13NO3. The first kappa shape index (κ1) is 11.3. The maximum Gasteiger partial charge on any atom is 0.250 e. The highest BCUT2D eigenvalue weighted by molar-refractivity contribution is 5.66. The maximum absolute atomic E-state index is 11.5. The van der Waals surface area contributed by atoms with Crippen molar-refractivity contribution in [3.8, 4) is 22.6 Å². The Bertz CT molecular complexity index is 602. The Morgan fingerprint density at radius 3 is 2.53 bits per heavy atom. The molecule has 0 amide bonds. The van der Waals surface area contributed by atoms with Gasteiger partial charge in [-0.05, 0) is 29.3 Å². The number of rotatable bonds is 2. The van der Waals surface area contributed by atoms with Crippen LogP contribution in [0.25, 0.3) is 11.1 Å². The Labute approximate surface area is 98.7 Å². The van der Waals surface area contributed by atoms with Crippen molar-refractivity contribution in [3.63, 3.8) is 0 Å². The highest BCUT2D eigenvalue weighted by atomic mass is 16.5. The number of aromatic hydroxyl groups is 1. The van der Waals surface area contributed by atoms with Crippen LogP contribution in [-0.2, 0) is 7.05 Å². The second-order valence-electron chi connectivity index (χ2n) is 3.75. The molecule has 2 aromatic rings. The third-order valence-corrected chi connectivity index (χ3v) is 2.62. The summed E-state index contributed by atoms with van der Waals surface area (Å²) < 4.78 is 6.53. The largest absolute Gasteiger partial charge is 0.504 e. The van der Waals surface area contributed by atoms with Gasteiger partial charge in [-0.3, -0.25) is 4.79 Å². The van der Waals surface area contributed by atoms with Crippen LogP contribution >= 0.6 is 0 Å². The highest BCUT2D eigenvalue weighted by Crippen LogP contribution is 2.30. The van der Waals surface area contributed by atoms with Gasteiger partial charge < -0.3 is 14.4 Å². The fourth-order valence-electron chi connectivity index (χ4n) is 1.59. The second kappa shape index (κ2) is 4.33. The van der Waals surface area contributed by atoms with Crippen molar-refractivity contribution in [1.82, 2.24) is 4.57 Å². The number of phenolic OH excluding ortho intramolecular Hbond substituents is 1. The van der Waals surface area contributed by atoms with Crippen molar-refractivity contribution >= 4 is 0 Å². The summed E-state index contributed by atoms with van der Waals surface area (Å²) in [4.78, 5) is 11.5. The van der Waals surface area contributed by atoms with E-state index in [1.54, 1.807) is 37.5 Å². The van der Waals surface area contributed by atoms with Crippen molar-refractivity contribution in [1.29, 1.82) is 0 Å². The molecular weight excluding hydrogens is 218 g/mol. The van der Waals surface area contributed by atoms with Crippen molar-refractivity contribution in [2.24, 2.45) is 7.05 Å². The van der Waals surface area contributed by atoms with E-state index in [0.717, 1.165) is 11.1 Å². The molecule has 0 atom stereocenters. The summed E-state index contributed by atoms with van der Waals surface area (Å²) >= 11 is 0. The molecule has 0 aliphatic rings. The van der Waals surface area contributed by atoms with E-state index in [1.165, 1.54) is 11.7 Å². The number of pyridine rings is 1. The first-order chi connectivity index (χ1) is 8.11. The van der Waals surface area contributed by atoms with Gasteiger partial charge in [0.2, 0.25) is 0 Å². The molecule has 0 saturated heterocycles. The number of ether oxygens (including phenoxy) is 1. The monoisotopic (exact) mass is 231 g/mol. The van der Waals surface area contributed by atoms with Crippen molar-refractivity contribution < 1.29 is 9.84 Å². The average molecular weight is 231 g/mol. The summed E-state index contributed by atoms with van der Waals surface area (Å²) in [5, 5.41) is 9.49. The van der Waals surface area contributed by atoms with Gasteiger partial charge in [-0.1, -0.05) is 6.07 Å². The van der Waals surface area contributed by atoms with Gasteiger partial charge in [-0.15, -0.1) is 0 Å². The topological polar surface area (TPSA) is 51.5 Å².